The summed E-state index contributed by atoms with van der Waals surface area (Å²) in [4.78, 5) is 48.5. The summed E-state index contributed by atoms with van der Waals surface area (Å²) in [5.74, 6) is -1.58. The predicted octanol–water partition coefficient (Wildman–Crippen LogP) is 4.75. The van der Waals surface area contributed by atoms with Crippen molar-refractivity contribution >= 4 is 46.4 Å². The fourth-order valence-electron chi connectivity index (χ4n) is 5.35. The number of carbonyl (C=O) groups excluding carboxylic acids is 3. The van der Waals surface area contributed by atoms with Crippen LogP contribution < -0.4 is 16.4 Å². The van der Waals surface area contributed by atoms with Crippen molar-refractivity contribution in [2.75, 3.05) is 12.3 Å². The van der Waals surface area contributed by atoms with Gasteiger partial charge in [0.05, 0.1) is 17.0 Å². The van der Waals surface area contributed by atoms with Crippen LogP contribution in [0.5, 0.6) is 0 Å². The Balaban J connectivity index is 1.35. The summed E-state index contributed by atoms with van der Waals surface area (Å²) in [6.07, 6.45) is 0.837. The molecule has 4 aromatic rings. The first-order chi connectivity index (χ1) is 21.8. The first-order valence-corrected chi connectivity index (χ1v) is 15.0. The molecule has 5 rings (SSSR count). The maximum Gasteiger partial charge on any atom is 0.407 e. The molecule has 1 fully saturated rings. The normalized spacial score (nSPS) is 16.4. The van der Waals surface area contributed by atoms with Gasteiger partial charge in [0, 0.05) is 36.8 Å². The number of alkyl carbamates (subject to hydrolysis) is 1. The third kappa shape index (κ3) is 7.36. The van der Waals surface area contributed by atoms with Gasteiger partial charge in [-0.2, -0.15) is 0 Å². The highest BCUT2D eigenvalue weighted by molar-refractivity contribution is 6.30. The lowest BCUT2D eigenvalue weighted by molar-refractivity contribution is -0.139. The number of likely N-dealkylation sites (tertiary alicyclic amines) is 1. The Kier molecular flexibility index (Phi) is 9.42. The maximum atomic E-state index is 14.6. The SMILES string of the molecule is CC(C)(C)OC(=O)NCc1cccc(-c2cn(CC(=O)N3C[C@H](F)C[C@H]3C(=O)NCc3cccc(Cl)c3F)c3ncnc(N)c23)c1. The van der Waals surface area contributed by atoms with E-state index in [1.807, 2.05) is 24.3 Å². The van der Waals surface area contributed by atoms with Crippen molar-refractivity contribution < 1.29 is 27.9 Å². The summed E-state index contributed by atoms with van der Waals surface area (Å²) in [5, 5.41) is 5.76. The molecule has 2 aromatic carbocycles. The number of hydrogen-bond donors (Lipinski definition) is 3. The van der Waals surface area contributed by atoms with E-state index in [0.717, 1.165) is 11.1 Å². The average molecular weight is 654 g/mol. The van der Waals surface area contributed by atoms with Crippen molar-refractivity contribution in [2.45, 2.75) is 64.6 Å². The number of hydrogen-bond acceptors (Lipinski definition) is 7. The molecule has 1 aliphatic heterocycles. The van der Waals surface area contributed by atoms with Crippen molar-refractivity contribution in [3.8, 4) is 11.1 Å². The number of carbonyl (C=O) groups is 3. The van der Waals surface area contributed by atoms with Crippen LogP contribution in [0.25, 0.3) is 22.2 Å². The van der Waals surface area contributed by atoms with E-state index in [1.54, 1.807) is 37.6 Å². The predicted molar refractivity (Wildman–Crippen MR) is 169 cm³/mol. The number of aromatic nitrogens is 3. The number of nitrogens with one attached hydrogen (secondary N) is 2. The zero-order valence-corrected chi connectivity index (χ0v) is 26.3. The second-order valence-electron chi connectivity index (χ2n) is 12.0. The summed E-state index contributed by atoms with van der Waals surface area (Å²) in [6, 6.07) is 10.7. The minimum atomic E-state index is -1.41. The zero-order valence-electron chi connectivity index (χ0n) is 25.5. The van der Waals surface area contributed by atoms with E-state index in [2.05, 4.69) is 20.6 Å². The molecule has 1 saturated heterocycles. The molecule has 0 radical (unpaired) electrons. The van der Waals surface area contributed by atoms with E-state index < -0.39 is 41.5 Å². The molecule has 46 heavy (non-hydrogen) atoms. The fraction of sp³-hybridized carbons (Fsp3) is 0.344. The van der Waals surface area contributed by atoms with Gasteiger partial charge in [0.2, 0.25) is 11.8 Å². The Morgan fingerprint density at radius 2 is 1.87 bits per heavy atom. The van der Waals surface area contributed by atoms with E-state index >= 15 is 0 Å². The maximum absolute atomic E-state index is 14.6. The number of nitrogens with two attached hydrogens (primary N) is 1. The van der Waals surface area contributed by atoms with Gasteiger partial charge >= 0.3 is 6.09 Å². The molecule has 0 saturated carbocycles. The minimum absolute atomic E-state index is 0.0831. The topological polar surface area (TPSA) is 144 Å². The van der Waals surface area contributed by atoms with Crippen LogP contribution >= 0.6 is 11.6 Å². The van der Waals surface area contributed by atoms with Crippen LogP contribution in [0.3, 0.4) is 0 Å². The summed E-state index contributed by atoms with van der Waals surface area (Å²) in [6.45, 7) is 4.84. The van der Waals surface area contributed by atoms with Crippen molar-refractivity contribution in [3.05, 3.63) is 77.0 Å². The number of nitrogen functional groups attached to an aromatic ring is 1. The molecule has 14 heteroatoms. The summed E-state index contributed by atoms with van der Waals surface area (Å²) < 4.78 is 35.8. The minimum Gasteiger partial charge on any atom is -0.444 e. The van der Waals surface area contributed by atoms with Gasteiger partial charge in [-0.1, -0.05) is 41.9 Å². The number of rotatable bonds is 8. The Bertz CT molecular complexity index is 1790. The smallest absolute Gasteiger partial charge is 0.407 e. The quantitative estimate of drug-likeness (QED) is 0.249. The van der Waals surface area contributed by atoms with Gasteiger partial charge in [0.25, 0.3) is 0 Å². The molecule has 0 spiro atoms. The van der Waals surface area contributed by atoms with Crippen LogP contribution in [0.4, 0.5) is 19.4 Å². The number of anilines is 1. The molecular weight excluding hydrogens is 620 g/mol. The number of amides is 3. The van der Waals surface area contributed by atoms with Crippen molar-refractivity contribution in [1.82, 2.24) is 30.1 Å². The van der Waals surface area contributed by atoms with Crippen LogP contribution in [0.2, 0.25) is 5.02 Å². The molecule has 0 aliphatic carbocycles. The van der Waals surface area contributed by atoms with Crippen LogP contribution in [0.15, 0.2) is 55.0 Å². The Labute approximate surface area is 269 Å². The van der Waals surface area contributed by atoms with Crippen LogP contribution in [0, 0.1) is 5.82 Å². The highest BCUT2D eigenvalue weighted by atomic mass is 35.5. The van der Waals surface area contributed by atoms with E-state index in [0.29, 0.717) is 16.6 Å². The third-order valence-corrected chi connectivity index (χ3v) is 7.71. The molecule has 3 amide bonds. The Morgan fingerprint density at radius 3 is 2.63 bits per heavy atom. The number of ether oxygens (including phenoxy) is 1. The van der Waals surface area contributed by atoms with Gasteiger partial charge in [-0.3, -0.25) is 9.59 Å². The van der Waals surface area contributed by atoms with Crippen LogP contribution in [-0.2, 0) is 34.0 Å². The van der Waals surface area contributed by atoms with E-state index in [9.17, 15) is 23.2 Å². The van der Waals surface area contributed by atoms with Crippen LogP contribution in [-0.4, -0.2) is 61.7 Å². The molecule has 1 aliphatic rings. The number of nitrogens with zero attached hydrogens (tertiary/aromatic N) is 4. The van der Waals surface area contributed by atoms with Gasteiger partial charge in [-0.15, -0.1) is 0 Å². The van der Waals surface area contributed by atoms with E-state index in [-0.39, 0.29) is 49.0 Å². The van der Waals surface area contributed by atoms with Crippen molar-refractivity contribution in [3.63, 3.8) is 0 Å². The molecule has 0 bridgehead atoms. The number of alkyl halides is 1. The van der Waals surface area contributed by atoms with E-state index in [1.165, 1.54) is 23.4 Å². The Hall–Kier alpha value is -4.78. The second-order valence-corrected chi connectivity index (χ2v) is 12.4. The van der Waals surface area contributed by atoms with Gasteiger partial charge in [-0.05, 0) is 44.0 Å². The molecule has 0 unspecified atom stereocenters. The number of fused-ring (bicyclic) bond motifs is 1. The zero-order chi connectivity index (χ0) is 33.2. The first kappa shape index (κ1) is 32.6. The van der Waals surface area contributed by atoms with Crippen molar-refractivity contribution in [1.29, 1.82) is 0 Å². The standard InChI is InChI=1S/C32H34ClF2N7O4/c1-32(2,3)46-31(45)38-12-18-6-4-7-19(10-18)22-15-41(29-26(22)28(36)39-17-40-29)16-25(43)42-14-21(34)11-24(42)30(44)37-13-20-8-5-9-23(33)27(20)35/h4-10,15,17,21,24H,11-14,16H2,1-3H3,(H,37,44)(H,38,45)(H2,36,39,40)/t21-,24+/m1/s1. The van der Waals surface area contributed by atoms with Gasteiger partial charge in [0.1, 0.15) is 48.0 Å². The third-order valence-electron chi connectivity index (χ3n) is 7.42. The number of halogens is 3. The Morgan fingerprint density at radius 1 is 1.11 bits per heavy atom. The molecule has 11 nitrogen and oxygen atoms in total. The fourth-order valence-corrected chi connectivity index (χ4v) is 5.55. The van der Waals surface area contributed by atoms with Crippen molar-refractivity contribution in [2.24, 2.45) is 0 Å². The molecular formula is C32H34ClF2N7O4. The summed E-state index contributed by atoms with van der Waals surface area (Å²) in [5.41, 5.74) is 8.34. The molecule has 2 aromatic heterocycles. The monoisotopic (exact) mass is 653 g/mol. The molecule has 3 heterocycles. The lowest BCUT2D eigenvalue weighted by atomic mass is 10.0. The first-order valence-electron chi connectivity index (χ1n) is 14.6. The highest BCUT2D eigenvalue weighted by Crippen LogP contribution is 2.33. The molecule has 4 N–H and O–H groups in total. The lowest BCUT2D eigenvalue weighted by Gasteiger charge is -2.24. The van der Waals surface area contributed by atoms with E-state index in [4.69, 9.17) is 22.1 Å². The highest BCUT2D eigenvalue weighted by Gasteiger charge is 2.40. The second kappa shape index (κ2) is 13.3. The van der Waals surface area contributed by atoms with Gasteiger partial charge < -0.3 is 30.6 Å². The summed E-state index contributed by atoms with van der Waals surface area (Å²) >= 11 is 5.83. The average Bonchev–Trinajstić information content (AvgIpc) is 3.57. The lowest BCUT2D eigenvalue weighted by Crippen LogP contribution is -2.46. The van der Waals surface area contributed by atoms with Gasteiger partial charge in [0.15, 0.2) is 0 Å². The molecule has 242 valence electrons. The number of benzene rings is 2. The largest absolute Gasteiger partial charge is 0.444 e. The van der Waals surface area contributed by atoms with Crippen LogP contribution in [0.1, 0.15) is 38.3 Å². The molecule has 2 atom stereocenters. The van der Waals surface area contributed by atoms with Gasteiger partial charge in [-0.25, -0.2) is 23.5 Å². The summed E-state index contributed by atoms with van der Waals surface area (Å²) in [7, 11) is 0.